The second-order valence-electron chi connectivity index (χ2n) is 7.16. The summed E-state index contributed by atoms with van der Waals surface area (Å²) in [5.41, 5.74) is 2.49. The van der Waals surface area contributed by atoms with Gasteiger partial charge in [0.15, 0.2) is 5.65 Å². The number of amides is 1. The molecule has 0 aliphatic carbocycles. The molecule has 1 atom stereocenters. The van der Waals surface area contributed by atoms with Crippen molar-refractivity contribution in [3.05, 3.63) is 94.4 Å². The van der Waals surface area contributed by atoms with Crippen LogP contribution < -0.4 is 10.9 Å². The van der Waals surface area contributed by atoms with Gasteiger partial charge in [-0.25, -0.2) is 4.98 Å². The Labute approximate surface area is 171 Å². The van der Waals surface area contributed by atoms with Crippen LogP contribution in [0, 0.1) is 0 Å². The number of anilines is 1. The van der Waals surface area contributed by atoms with E-state index in [1.165, 1.54) is 11.1 Å². The maximum atomic E-state index is 13.2. The van der Waals surface area contributed by atoms with Gasteiger partial charge >= 0.3 is 0 Å². The number of hydrogen-bond donors (Lipinski definition) is 2. The lowest BCUT2D eigenvalue weighted by Crippen LogP contribution is -2.44. The molecule has 7 nitrogen and oxygen atoms in total. The third-order valence-corrected chi connectivity index (χ3v) is 5.46. The Balaban J connectivity index is 1.73. The number of fused-ring (bicyclic) bond motifs is 3. The molecule has 0 fully saturated rings. The van der Waals surface area contributed by atoms with E-state index in [1.54, 1.807) is 19.2 Å². The SMILES string of the molecule is CN1C(=O)c2c(c3cccnc3n(O)c2=O)NC1c1ccccc1-c1ccccc1. The molecule has 3 heterocycles. The van der Waals surface area contributed by atoms with E-state index in [0.29, 0.717) is 15.8 Å². The molecule has 1 aliphatic rings. The summed E-state index contributed by atoms with van der Waals surface area (Å²) in [6.45, 7) is 0. The van der Waals surface area contributed by atoms with E-state index in [0.717, 1.165) is 16.7 Å². The second-order valence-corrected chi connectivity index (χ2v) is 7.16. The predicted molar refractivity (Wildman–Crippen MR) is 114 cm³/mol. The molecule has 1 unspecified atom stereocenters. The van der Waals surface area contributed by atoms with Crippen molar-refractivity contribution in [3.63, 3.8) is 0 Å². The minimum Gasteiger partial charge on any atom is -0.423 e. The van der Waals surface area contributed by atoms with Crippen LogP contribution >= 0.6 is 0 Å². The van der Waals surface area contributed by atoms with Crippen molar-refractivity contribution in [2.75, 3.05) is 12.4 Å². The predicted octanol–water partition coefficient (Wildman–Crippen LogP) is 3.50. The van der Waals surface area contributed by atoms with Crippen LogP contribution in [0.4, 0.5) is 5.69 Å². The highest BCUT2D eigenvalue weighted by atomic mass is 16.5. The first-order chi connectivity index (χ1) is 14.6. The number of carbonyl (C=O) groups is 1. The number of nitrogens with one attached hydrogen (secondary N) is 1. The average molecular weight is 398 g/mol. The maximum Gasteiger partial charge on any atom is 0.299 e. The first-order valence-electron chi connectivity index (χ1n) is 9.49. The van der Waals surface area contributed by atoms with E-state index in [-0.39, 0.29) is 11.2 Å². The third kappa shape index (κ3) is 2.56. The van der Waals surface area contributed by atoms with Crippen LogP contribution in [-0.2, 0) is 0 Å². The van der Waals surface area contributed by atoms with Crippen LogP contribution in [0.5, 0.6) is 0 Å². The standard InChI is InChI=1S/C23H18N4O3/c1-26-21(16-11-6-5-10-15(16)14-8-3-2-4-9-14)25-19-17-12-7-13-24-20(17)27(30)23(29)18(19)22(26)28/h2-13,21,25,30H,1H3. The fourth-order valence-corrected chi connectivity index (χ4v) is 3.98. The van der Waals surface area contributed by atoms with Gasteiger partial charge in [0.25, 0.3) is 11.5 Å². The number of nitrogens with zero attached hydrogens (tertiary/aromatic N) is 3. The number of pyridine rings is 2. The van der Waals surface area contributed by atoms with E-state index in [2.05, 4.69) is 10.3 Å². The van der Waals surface area contributed by atoms with Crippen LogP contribution in [0.2, 0.25) is 0 Å². The fraction of sp³-hybridized carbons (Fsp3) is 0.0870. The molecule has 0 saturated heterocycles. The topological polar surface area (TPSA) is 87.5 Å². The van der Waals surface area contributed by atoms with Gasteiger partial charge in [-0.3, -0.25) is 9.59 Å². The molecule has 2 aromatic carbocycles. The molecule has 7 heteroatoms. The van der Waals surface area contributed by atoms with Gasteiger partial charge in [-0.2, -0.15) is 0 Å². The molecule has 0 radical (unpaired) electrons. The molecular formula is C23H18N4O3. The van der Waals surface area contributed by atoms with Gasteiger partial charge in [-0.15, -0.1) is 4.73 Å². The summed E-state index contributed by atoms with van der Waals surface area (Å²) in [5.74, 6) is -0.463. The summed E-state index contributed by atoms with van der Waals surface area (Å²) < 4.78 is 0.430. The van der Waals surface area contributed by atoms with E-state index >= 15 is 0 Å². The van der Waals surface area contributed by atoms with E-state index < -0.39 is 17.6 Å². The quantitative estimate of drug-likeness (QED) is 0.505. The first kappa shape index (κ1) is 17.9. The average Bonchev–Trinajstić information content (AvgIpc) is 2.80. The Kier molecular flexibility index (Phi) is 4.03. The second kappa shape index (κ2) is 6.73. The number of carbonyl (C=O) groups excluding carboxylic acids is 1. The van der Waals surface area contributed by atoms with Crippen molar-refractivity contribution < 1.29 is 10.0 Å². The van der Waals surface area contributed by atoms with E-state index in [4.69, 9.17) is 0 Å². The highest BCUT2D eigenvalue weighted by Gasteiger charge is 2.36. The molecule has 1 amide bonds. The van der Waals surface area contributed by atoms with Gasteiger partial charge in [-0.1, -0.05) is 54.6 Å². The summed E-state index contributed by atoms with van der Waals surface area (Å²) in [5, 5.41) is 14.1. The number of benzene rings is 2. The monoisotopic (exact) mass is 398 g/mol. The van der Waals surface area contributed by atoms with Gasteiger partial charge in [0.2, 0.25) is 0 Å². The van der Waals surface area contributed by atoms with E-state index in [9.17, 15) is 14.8 Å². The van der Waals surface area contributed by atoms with Gasteiger partial charge in [0, 0.05) is 24.2 Å². The minimum absolute atomic E-state index is 0.0983. The third-order valence-electron chi connectivity index (χ3n) is 5.46. The Morgan fingerprint density at radius 3 is 2.50 bits per heavy atom. The fourth-order valence-electron chi connectivity index (χ4n) is 3.98. The highest BCUT2D eigenvalue weighted by Crippen LogP contribution is 2.38. The first-order valence-corrected chi connectivity index (χ1v) is 9.49. The number of rotatable bonds is 2. The van der Waals surface area contributed by atoms with Crippen LogP contribution in [-0.4, -0.2) is 32.8 Å². The molecule has 30 heavy (non-hydrogen) atoms. The van der Waals surface area contributed by atoms with E-state index in [1.807, 2.05) is 54.6 Å². The Morgan fingerprint density at radius 1 is 0.967 bits per heavy atom. The molecule has 1 aliphatic heterocycles. The van der Waals surface area contributed by atoms with Crippen molar-refractivity contribution in [3.8, 4) is 11.1 Å². The van der Waals surface area contributed by atoms with Crippen molar-refractivity contribution in [1.29, 1.82) is 0 Å². The lowest BCUT2D eigenvalue weighted by Gasteiger charge is -2.36. The zero-order chi connectivity index (χ0) is 20.8. The van der Waals surface area contributed by atoms with Crippen LogP contribution in [0.15, 0.2) is 77.7 Å². The van der Waals surface area contributed by atoms with Crippen molar-refractivity contribution in [2.24, 2.45) is 0 Å². The van der Waals surface area contributed by atoms with Crippen molar-refractivity contribution in [1.82, 2.24) is 14.6 Å². The largest absolute Gasteiger partial charge is 0.423 e. The normalized spacial score (nSPS) is 15.7. The molecule has 0 spiro atoms. The number of hydrogen-bond acceptors (Lipinski definition) is 5. The molecule has 0 bridgehead atoms. The summed E-state index contributed by atoms with van der Waals surface area (Å²) in [4.78, 5) is 31.5. The Bertz CT molecular complexity index is 1350. The summed E-state index contributed by atoms with van der Waals surface area (Å²) in [6, 6.07) is 21.2. The molecular weight excluding hydrogens is 380 g/mol. The zero-order valence-corrected chi connectivity index (χ0v) is 16.1. The summed E-state index contributed by atoms with van der Waals surface area (Å²) in [6.07, 6.45) is 0.985. The summed E-state index contributed by atoms with van der Waals surface area (Å²) in [7, 11) is 1.64. The van der Waals surface area contributed by atoms with Crippen LogP contribution in [0.3, 0.4) is 0 Å². The zero-order valence-electron chi connectivity index (χ0n) is 16.1. The molecule has 2 N–H and O–H groups in total. The maximum absolute atomic E-state index is 13.2. The summed E-state index contributed by atoms with van der Waals surface area (Å²) >= 11 is 0. The van der Waals surface area contributed by atoms with Crippen molar-refractivity contribution >= 4 is 22.6 Å². The van der Waals surface area contributed by atoms with Gasteiger partial charge in [0.05, 0.1) is 5.69 Å². The molecule has 4 aromatic rings. The molecule has 5 rings (SSSR count). The van der Waals surface area contributed by atoms with Gasteiger partial charge in [-0.05, 0) is 23.3 Å². The number of aromatic nitrogens is 2. The Hall–Kier alpha value is -4.13. The Morgan fingerprint density at radius 2 is 1.70 bits per heavy atom. The molecule has 148 valence electrons. The highest BCUT2D eigenvalue weighted by molar-refractivity contribution is 6.08. The smallest absolute Gasteiger partial charge is 0.299 e. The van der Waals surface area contributed by atoms with Crippen LogP contribution in [0.1, 0.15) is 22.1 Å². The molecule has 0 saturated carbocycles. The molecule has 2 aromatic heterocycles. The van der Waals surface area contributed by atoms with Gasteiger partial charge < -0.3 is 15.4 Å². The minimum atomic E-state index is -0.796. The van der Waals surface area contributed by atoms with Crippen molar-refractivity contribution in [2.45, 2.75) is 6.17 Å². The lowest BCUT2D eigenvalue weighted by atomic mass is 9.95. The van der Waals surface area contributed by atoms with Crippen LogP contribution in [0.25, 0.3) is 22.2 Å². The lowest BCUT2D eigenvalue weighted by molar-refractivity contribution is 0.0728. The van der Waals surface area contributed by atoms with Gasteiger partial charge in [0.1, 0.15) is 11.7 Å².